The van der Waals surface area contributed by atoms with Gasteiger partial charge in [0.05, 0.1) is 11.6 Å². The molecule has 0 aliphatic rings. The first-order chi connectivity index (χ1) is 9.41. The van der Waals surface area contributed by atoms with Crippen LogP contribution >= 0.6 is 11.3 Å². The number of halogens is 3. The van der Waals surface area contributed by atoms with E-state index in [4.69, 9.17) is 0 Å². The zero-order valence-electron chi connectivity index (χ0n) is 11.2. The summed E-state index contributed by atoms with van der Waals surface area (Å²) in [5.74, 6) is 0. The van der Waals surface area contributed by atoms with Crippen molar-refractivity contribution in [3.8, 4) is 0 Å². The second-order valence-electron chi connectivity index (χ2n) is 4.43. The number of hydrogen-bond donors (Lipinski definition) is 1. The van der Waals surface area contributed by atoms with Gasteiger partial charge in [-0.15, -0.1) is 11.3 Å². The summed E-state index contributed by atoms with van der Waals surface area (Å²) in [4.78, 5) is 5.37. The summed E-state index contributed by atoms with van der Waals surface area (Å²) in [5, 5.41) is 3.69. The van der Waals surface area contributed by atoms with Gasteiger partial charge in [0.15, 0.2) is 0 Å². The Morgan fingerprint density at radius 1 is 1.30 bits per heavy atom. The first kappa shape index (κ1) is 14.8. The Morgan fingerprint density at radius 3 is 2.60 bits per heavy atom. The number of para-hydroxylation sites is 1. The molecule has 0 aliphatic heterocycles. The number of nitrogens with one attached hydrogen (secondary N) is 1. The minimum atomic E-state index is -4.36. The first-order valence-electron chi connectivity index (χ1n) is 6.29. The van der Waals surface area contributed by atoms with Gasteiger partial charge in [-0.2, -0.15) is 13.2 Å². The zero-order valence-corrected chi connectivity index (χ0v) is 12.0. The number of aryl methyl sites for hydroxylation is 1. The number of rotatable bonds is 4. The molecule has 1 N–H and O–H groups in total. The molecule has 0 radical (unpaired) electrons. The summed E-state index contributed by atoms with van der Waals surface area (Å²) in [5.41, 5.74) is -0.570. The van der Waals surface area contributed by atoms with Gasteiger partial charge in [-0.05, 0) is 25.5 Å². The quantitative estimate of drug-likeness (QED) is 0.869. The van der Waals surface area contributed by atoms with Crippen molar-refractivity contribution in [2.75, 3.05) is 5.32 Å². The van der Waals surface area contributed by atoms with Crippen molar-refractivity contribution in [1.82, 2.24) is 4.98 Å². The third-order valence-corrected chi connectivity index (χ3v) is 4.22. The molecule has 2 rings (SSSR count). The van der Waals surface area contributed by atoms with Crippen molar-refractivity contribution in [2.45, 2.75) is 32.5 Å². The molecular formula is C14H15F3N2S. The van der Waals surface area contributed by atoms with Crippen molar-refractivity contribution < 1.29 is 13.2 Å². The fourth-order valence-corrected chi connectivity index (χ4v) is 2.70. The van der Waals surface area contributed by atoms with E-state index in [0.29, 0.717) is 0 Å². The molecule has 20 heavy (non-hydrogen) atoms. The first-order valence-corrected chi connectivity index (χ1v) is 7.10. The van der Waals surface area contributed by atoms with E-state index in [1.165, 1.54) is 23.5 Å². The molecule has 0 amide bonds. The van der Waals surface area contributed by atoms with Gasteiger partial charge in [0.2, 0.25) is 0 Å². The van der Waals surface area contributed by atoms with Crippen LogP contribution in [-0.4, -0.2) is 4.98 Å². The highest BCUT2D eigenvalue weighted by atomic mass is 32.1. The lowest BCUT2D eigenvalue weighted by molar-refractivity contribution is -0.137. The van der Waals surface area contributed by atoms with Crippen LogP contribution in [0.2, 0.25) is 0 Å². The topological polar surface area (TPSA) is 24.9 Å². The SMILES string of the molecule is CCc1cnc(C(C)Nc2ccccc2C(F)(F)F)s1. The Kier molecular flexibility index (Phi) is 4.32. The highest BCUT2D eigenvalue weighted by Gasteiger charge is 2.33. The van der Waals surface area contributed by atoms with Gasteiger partial charge in [0.1, 0.15) is 5.01 Å². The summed E-state index contributed by atoms with van der Waals surface area (Å²) in [6.07, 6.45) is -1.71. The van der Waals surface area contributed by atoms with E-state index in [2.05, 4.69) is 10.3 Å². The van der Waals surface area contributed by atoms with Crippen LogP contribution < -0.4 is 5.32 Å². The lowest BCUT2D eigenvalue weighted by Gasteiger charge is -2.17. The van der Waals surface area contributed by atoms with E-state index in [1.54, 1.807) is 12.3 Å². The molecule has 0 bridgehead atoms. The number of nitrogens with zero attached hydrogens (tertiary/aromatic N) is 1. The van der Waals surface area contributed by atoms with Gasteiger partial charge in [-0.25, -0.2) is 4.98 Å². The molecule has 2 aromatic rings. The van der Waals surface area contributed by atoms with Gasteiger partial charge < -0.3 is 5.32 Å². The summed E-state index contributed by atoms with van der Waals surface area (Å²) in [7, 11) is 0. The Labute approximate surface area is 119 Å². The van der Waals surface area contributed by atoms with Gasteiger partial charge in [0, 0.05) is 16.8 Å². The van der Waals surface area contributed by atoms with Crippen LogP contribution in [0, 0.1) is 0 Å². The van der Waals surface area contributed by atoms with Crippen molar-refractivity contribution in [2.24, 2.45) is 0 Å². The Bertz CT molecular complexity index is 578. The van der Waals surface area contributed by atoms with Crippen LogP contribution in [0.25, 0.3) is 0 Å². The molecule has 0 saturated heterocycles. The van der Waals surface area contributed by atoms with Crippen LogP contribution in [-0.2, 0) is 12.6 Å². The second kappa shape index (κ2) is 5.83. The van der Waals surface area contributed by atoms with Crippen LogP contribution in [0.1, 0.15) is 35.3 Å². The molecule has 1 aromatic carbocycles. The van der Waals surface area contributed by atoms with E-state index in [-0.39, 0.29) is 11.7 Å². The zero-order chi connectivity index (χ0) is 14.8. The summed E-state index contributed by atoms with van der Waals surface area (Å²) >= 11 is 1.52. The van der Waals surface area contributed by atoms with Crippen molar-refractivity contribution >= 4 is 17.0 Å². The Morgan fingerprint density at radius 2 is 2.00 bits per heavy atom. The molecule has 108 valence electrons. The predicted octanol–water partition coefficient (Wildman–Crippen LogP) is 4.90. The molecule has 0 fully saturated rings. The van der Waals surface area contributed by atoms with Gasteiger partial charge in [-0.1, -0.05) is 19.1 Å². The minimum Gasteiger partial charge on any atom is -0.376 e. The fourth-order valence-electron chi connectivity index (χ4n) is 1.84. The van der Waals surface area contributed by atoms with E-state index in [1.807, 2.05) is 13.8 Å². The smallest absolute Gasteiger partial charge is 0.376 e. The number of aromatic nitrogens is 1. The standard InChI is InChI=1S/C14H15F3N2S/c1-3-10-8-18-13(20-10)9(2)19-12-7-5-4-6-11(12)14(15,16)17/h4-9,19H,3H2,1-2H3. The summed E-state index contributed by atoms with van der Waals surface area (Å²) < 4.78 is 38.7. The summed E-state index contributed by atoms with van der Waals surface area (Å²) in [6, 6.07) is 5.23. The third kappa shape index (κ3) is 3.30. The van der Waals surface area contributed by atoms with Gasteiger partial charge in [0.25, 0.3) is 0 Å². The highest BCUT2D eigenvalue weighted by Crippen LogP contribution is 2.36. The molecule has 1 atom stereocenters. The van der Waals surface area contributed by atoms with E-state index in [9.17, 15) is 13.2 Å². The largest absolute Gasteiger partial charge is 0.418 e. The van der Waals surface area contributed by atoms with Gasteiger partial charge in [-0.3, -0.25) is 0 Å². The van der Waals surface area contributed by atoms with Crippen LogP contribution in [0.5, 0.6) is 0 Å². The number of anilines is 1. The molecule has 0 aliphatic carbocycles. The monoisotopic (exact) mass is 300 g/mol. The number of alkyl halides is 3. The average molecular weight is 300 g/mol. The lowest BCUT2D eigenvalue weighted by atomic mass is 10.1. The van der Waals surface area contributed by atoms with Crippen LogP contribution in [0.3, 0.4) is 0 Å². The van der Waals surface area contributed by atoms with E-state index in [0.717, 1.165) is 22.4 Å². The molecule has 1 aromatic heterocycles. The minimum absolute atomic E-state index is 0.0840. The van der Waals surface area contributed by atoms with Crippen molar-refractivity contribution in [3.63, 3.8) is 0 Å². The maximum absolute atomic E-state index is 12.9. The molecule has 1 unspecified atom stereocenters. The van der Waals surface area contributed by atoms with E-state index >= 15 is 0 Å². The van der Waals surface area contributed by atoms with Crippen LogP contribution in [0.15, 0.2) is 30.5 Å². The second-order valence-corrected chi connectivity index (χ2v) is 5.57. The van der Waals surface area contributed by atoms with Crippen molar-refractivity contribution in [1.29, 1.82) is 0 Å². The third-order valence-electron chi connectivity index (χ3n) is 2.89. The molecule has 0 spiro atoms. The van der Waals surface area contributed by atoms with E-state index < -0.39 is 11.7 Å². The summed E-state index contributed by atoms with van der Waals surface area (Å²) in [6.45, 7) is 3.83. The lowest BCUT2D eigenvalue weighted by Crippen LogP contribution is -2.13. The molecular weight excluding hydrogens is 285 g/mol. The number of thiazole rings is 1. The van der Waals surface area contributed by atoms with Crippen molar-refractivity contribution in [3.05, 3.63) is 45.9 Å². The normalized spacial score (nSPS) is 13.2. The Balaban J connectivity index is 2.21. The molecule has 1 heterocycles. The predicted molar refractivity (Wildman–Crippen MR) is 75.0 cm³/mol. The number of benzene rings is 1. The van der Waals surface area contributed by atoms with Crippen LogP contribution in [0.4, 0.5) is 18.9 Å². The average Bonchev–Trinajstić information content (AvgIpc) is 2.87. The molecule has 6 heteroatoms. The highest BCUT2D eigenvalue weighted by molar-refractivity contribution is 7.11. The molecule has 0 saturated carbocycles. The van der Waals surface area contributed by atoms with Gasteiger partial charge >= 0.3 is 6.18 Å². The maximum Gasteiger partial charge on any atom is 0.418 e. The molecule has 2 nitrogen and oxygen atoms in total. The number of hydrogen-bond acceptors (Lipinski definition) is 3. The fraction of sp³-hybridized carbons (Fsp3) is 0.357. The Hall–Kier alpha value is -1.56. The maximum atomic E-state index is 12.9.